The van der Waals surface area contributed by atoms with Crippen LogP contribution in [0.15, 0.2) is 41.6 Å². The van der Waals surface area contributed by atoms with Crippen LogP contribution in [0.2, 0.25) is 0 Å². The number of carbonyl (C=O) groups excluding carboxylic acids is 1. The Labute approximate surface area is 219 Å². The van der Waals surface area contributed by atoms with Crippen molar-refractivity contribution in [2.45, 2.75) is 43.4 Å². The van der Waals surface area contributed by atoms with Gasteiger partial charge in [0.1, 0.15) is 18.0 Å². The molecule has 3 aromatic rings. The van der Waals surface area contributed by atoms with Crippen LogP contribution >= 0.6 is 23.4 Å². The number of fused-ring (bicyclic) bond motifs is 1. The summed E-state index contributed by atoms with van der Waals surface area (Å²) in [6, 6.07) is 4.92. The first-order valence-corrected chi connectivity index (χ1v) is 14.0. The summed E-state index contributed by atoms with van der Waals surface area (Å²) in [6.07, 6.45) is 0.00913. The number of halogens is 2. The molecule has 0 saturated carbocycles. The summed E-state index contributed by atoms with van der Waals surface area (Å²) in [5.41, 5.74) is 5.92. The Kier molecular flexibility index (Phi) is 7.98. The van der Waals surface area contributed by atoms with Crippen LogP contribution in [0.3, 0.4) is 0 Å². The van der Waals surface area contributed by atoms with E-state index in [-0.39, 0.29) is 35.5 Å². The smallest absolute Gasteiger partial charge is 0.270 e. The van der Waals surface area contributed by atoms with Crippen LogP contribution in [-0.4, -0.2) is 60.0 Å². The van der Waals surface area contributed by atoms with Gasteiger partial charge >= 0.3 is 0 Å². The zero-order chi connectivity index (χ0) is 27.0. The zero-order valence-corrected chi connectivity index (χ0v) is 22.5. The van der Waals surface area contributed by atoms with Crippen LogP contribution in [0.1, 0.15) is 25.6 Å². The van der Waals surface area contributed by atoms with Gasteiger partial charge in [-0.3, -0.25) is 24.1 Å². The highest BCUT2D eigenvalue weighted by Crippen LogP contribution is 2.50. The van der Waals surface area contributed by atoms with Gasteiger partial charge in [-0.2, -0.15) is 4.98 Å². The number of alkyl halides is 2. The molecule has 200 valence electrons. The average Bonchev–Trinajstić information content (AvgIpc) is 3.35. The zero-order valence-electron chi connectivity index (χ0n) is 20.0. The number of aliphatic hydroxyl groups is 1. The third-order valence-corrected chi connectivity index (χ3v) is 9.23. The van der Waals surface area contributed by atoms with Gasteiger partial charge in [-0.1, -0.05) is 13.0 Å². The Bertz CT molecular complexity index is 1380. The van der Waals surface area contributed by atoms with E-state index in [4.69, 9.17) is 15.0 Å². The number of ether oxygens (including phenoxy) is 1. The molecule has 0 aliphatic carbocycles. The second-order valence-corrected chi connectivity index (χ2v) is 12.4. The number of carbonyl (C=O) groups is 1. The van der Waals surface area contributed by atoms with Crippen molar-refractivity contribution < 1.29 is 28.1 Å². The van der Waals surface area contributed by atoms with Gasteiger partial charge < -0.3 is 24.7 Å². The summed E-state index contributed by atoms with van der Waals surface area (Å²) in [7, 11) is -3.66. The van der Waals surface area contributed by atoms with E-state index in [9.17, 15) is 19.3 Å². The summed E-state index contributed by atoms with van der Waals surface area (Å²) in [4.78, 5) is 34.4. The maximum atomic E-state index is 15.7. The van der Waals surface area contributed by atoms with E-state index in [1.807, 2.05) is 0 Å². The molecule has 5 N–H and O–H groups in total. The molecule has 15 heteroatoms. The number of anilines is 1. The molecule has 0 spiro atoms. The fourth-order valence-electron chi connectivity index (χ4n) is 3.92. The molecule has 0 aromatic carbocycles. The molecule has 1 aliphatic heterocycles. The van der Waals surface area contributed by atoms with Crippen molar-refractivity contribution in [1.29, 1.82) is 0 Å². The number of nitrogens with zero attached hydrogens (tertiary/aromatic N) is 3. The number of nitrogens with one attached hydrogen (secondary N) is 2. The molecule has 37 heavy (non-hydrogen) atoms. The van der Waals surface area contributed by atoms with Crippen molar-refractivity contribution in [3.8, 4) is 0 Å². The van der Waals surface area contributed by atoms with Gasteiger partial charge in [0.25, 0.3) is 13.1 Å². The molecule has 0 bridgehead atoms. The quantitative estimate of drug-likeness (QED) is 0.199. The second kappa shape index (κ2) is 10.7. The lowest BCUT2D eigenvalue weighted by Crippen LogP contribution is -2.38. The Hall–Kier alpha value is -2.48. The second-order valence-electron chi connectivity index (χ2n) is 8.92. The summed E-state index contributed by atoms with van der Waals surface area (Å²) in [5, 5.41) is 13.7. The molecule has 4 heterocycles. The van der Waals surface area contributed by atoms with Crippen LogP contribution in [0.4, 0.5) is 10.3 Å². The average molecular weight is 601 g/mol. The molecule has 2 unspecified atom stereocenters. The first-order chi connectivity index (χ1) is 17.4. The number of aliphatic hydroxyl groups excluding tert-OH is 1. The Morgan fingerprint density at radius 3 is 2.95 bits per heavy atom. The number of pyridine rings is 1. The van der Waals surface area contributed by atoms with E-state index in [1.54, 1.807) is 31.5 Å². The lowest BCUT2D eigenvalue weighted by Gasteiger charge is -2.24. The third kappa shape index (κ3) is 5.84. The molecule has 0 amide bonds. The van der Waals surface area contributed by atoms with Crippen molar-refractivity contribution in [3.63, 3.8) is 0 Å². The van der Waals surface area contributed by atoms with Gasteiger partial charge in [0.05, 0.1) is 12.0 Å². The van der Waals surface area contributed by atoms with Crippen molar-refractivity contribution in [3.05, 3.63) is 52.7 Å². The van der Waals surface area contributed by atoms with Crippen molar-refractivity contribution in [2.24, 2.45) is 5.92 Å². The number of Topliss-reactive ketones (excluding diaryl/α,β-unsaturated/α-hetero) is 1. The molecule has 1 fully saturated rings. The summed E-state index contributed by atoms with van der Waals surface area (Å²) >= 11 is 2.90. The number of nitrogens with two attached hydrogens (primary N) is 1. The highest BCUT2D eigenvalue weighted by Gasteiger charge is 2.57. The molecule has 1 aliphatic rings. The topological polar surface area (TPSA) is 174 Å². The minimum atomic E-state index is -3.66. The van der Waals surface area contributed by atoms with Gasteiger partial charge in [-0.25, -0.2) is 9.48 Å². The Morgan fingerprint density at radius 1 is 1.51 bits per heavy atom. The highest BCUT2D eigenvalue weighted by atomic mass is 79.9. The fourth-order valence-corrected chi connectivity index (χ4v) is 6.65. The summed E-state index contributed by atoms with van der Waals surface area (Å²) in [6.45, 7) is 2.71. The normalized spacial score (nSPS) is 26.2. The first kappa shape index (κ1) is 27.6. The van der Waals surface area contributed by atoms with Gasteiger partial charge in [0, 0.05) is 37.2 Å². The highest BCUT2D eigenvalue weighted by molar-refractivity contribution is 9.10. The predicted octanol–water partition coefficient (Wildman–Crippen LogP) is 2.25. The number of hydrogen-bond donors (Lipinski definition) is 4. The number of nitrogen functional groups attached to an aromatic ring is 1. The number of aromatic nitrogens is 4. The van der Waals surface area contributed by atoms with E-state index >= 15 is 4.39 Å². The summed E-state index contributed by atoms with van der Waals surface area (Å²) in [5.74, 6) is -0.921. The van der Waals surface area contributed by atoms with E-state index in [0.29, 0.717) is 0 Å². The molecule has 4 rings (SSSR count). The van der Waals surface area contributed by atoms with E-state index in [2.05, 4.69) is 36.0 Å². The number of aromatic amines is 1. The number of ketones is 1. The van der Waals surface area contributed by atoms with Gasteiger partial charge in [0.2, 0.25) is 10.5 Å². The molecule has 0 radical (unpaired) electrons. The van der Waals surface area contributed by atoms with Gasteiger partial charge in [0.15, 0.2) is 11.9 Å². The molecular formula is C22H27BrFN6O6P. The largest absolute Gasteiger partial charge is 0.386 e. The monoisotopic (exact) mass is 600 g/mol. The maximum absolute atomic E-state index is 15.7. The van der Waals surface area contributed by atoms with E-state index in [1.165, 1.54) is 23.8 Å². The number of rotatable bonds is 10. The Morgan fingerprint density at radius 2 is 2.27 bits per heavy atom. The van der Waals surface area contributed by atoms with Gasteiger partial charge in [-0.05, 0) is 40.5 Å². The third-order valence-electron chi connectivity index (χ3n) is 6.13. The first-order valence-electron chi connectivity index (χ1n) is 11.4. The number of H-pyrrole nitrogens is 1. The lowest BCUT2D eigenvalue weighted by molar-refractivity contribution is -0.119. The Balaban J connectivity index is 1.54. The maximum Gasteiger partial charge on any atom is 0.270 e. The van der Waals surface area contributed by atoms with Crippen molar-refractivity contribution in [2.75, 3.05) is 18.5 Å². The van der Waals surface area contributed by atoms with Crippen molar-refractivity contribution in [1.82, 2.24) is 24.6 Å². The van der Waals surface area contributed by atoms with Crippen LogP contribution in [-0.2, 0) is 25.2 Å². The van der Waals surface area contributed by atoms with Crippen LogP contribution in [0.25, 0.3) is 11.0 Å². The molecule has 12 nitrogen and oxygen atoms in total. The minimum absolute atomic E-state index is 0.0561. The molecule has 3 aromatic heterocycles. The van der Waals surface area contributed by atoms with Crippen molar-refractivity contribution >= 4 is 46.2 Å². The molecular weight excluding hydrogens is 574 g/mol. The molecule has 1 saturated heterocycles. The molecule has 6 atom stereocenters. The predicted molar refractivity (Wildman–Crippen MR) is 137 cm³/mol. The standard InChI is InChI=1S/C22H27BrFN6O6P/c1-12(13(2)31)11-37(34,27-9-14-4-3-6-26-8-14)35-10-16-17(32)22(23,24)20(36-16)30-7-5-15-18(30)28-21(25)29-19(15)33/h3-8,12,16-17,20,32H,9-11H2,1-2H3,(H,27,34)(H3,25,28,29,33)/t12-,16-,17+,20-,22?,37?/m1/s1. The van der Waals surface area contributed by atoms with Crippen LogP contribution in [0, 0.1) is 5.92 Å². The summed E-state index contributed by atoms with van der Waals surface area (Å²) < 4.78 is 39.6. The van der Waals surface area contributed by atoms with Crippen LogP contribution < -0.4 is 16.4 Å². The minimum Gasteiger partial charge on any atom is -0.386 e. The van der Waals surface area contributed by atoms with E-state index in [0.717, 1.165) is 5.56 Å². The fraction of sp³-hybridized carbons (Fsp3) is 0.455. The SMILES string of the molecule is CC(=O)[C@H](C)CP(=O)(NCc1cccnc1)OC[C@H]1O[C@@H](n2ccc3c(=O)[nH]c(N)nc32)C(F)(Br)[C@H]1O. The van der Waals surface area contributed by atoms with Gasteiger partial charge in [-0.15, -0.1) is 0 Å². The van der Waals surface area contributed by atoms with E-state index < -0.39 is 48.6 Å². The lowest BCUT2D eigenvalue weighted by atomic mass is 10.1. The van der Waals surface area contributed by atoms with Crippen LogP contribution in [0.5, 0.6) is 0 Å². The number of hydrogen-bond acceptors (Lipinski definition) is 9.